The largest absolute Gasteiger partial charge is 0.497 e. The molecule has 2 aromatic heterocycles. The summed E-state index contributed by atoms with van der Waals surface area (Å²) >= 11 is 0. The minimum atomic E-state index is 0.830. The van der Waals surface area contributed by atoms with Gasteiger partial charge in [0.2, 0.25) is 0 Å². The molecule has 0 N–H and O–H groups in total. The molecule has 0 fully saturated rings. The first-order valence-corrected chi connectivity index (χ1v) is 15.2. The van der Waals surface area contributed by atoms with E-state index in [0.29, 0.717) is 0 Å². The lowest BCUT2D eigenvalue weighted by atomic mass is 9.95. The van der Waals surface area contributed by atoms with Crippen LogP contribution in [0.15, 0.2) is 133 Å². The summed E-state index contributed by atoms with van der Waals surface area (Å²) in [6.45, 7) is 0. The van der Waals surface area contributed by atoms with Crippen LogP contribution in [-0.4, -0.2) is 24.2 Å². The monoisotopic (exact) mass is 596 g/mol. The molecule has 4 nitrogen and oxygen atoms in total. The second-order valence-electron chi connectivity index (χ2n) is 11.0. The van der Waals surface area contributed by atoms with Crippen molar-refractivity contribution in [3.05, 3.63) is 156 Å². The van der Waals surface area contributed by atoms with Crippen molar-refractivity contribution in [3.8, 4) is 33.8 Å². The molecule has 4 heteroatoms. The fourth-order valence-corrected chi connectivity index (χ4v) is 5.69. The van der Waals surface area contributed by atoms with Crippen LogP contribution in [0.1, 0.15) is 22.5 Å². The highest BCUT2D eigenvalue weighted by Gasteiger charge is 2.15. The van der Waals surface area contributed by atoms with Crippen LogP contribution in [0, 0.1) is 0 Å². The van der Waals surface area contributed by atoms with Gasteiger partial charge in [-0.25, -0.2) is 9.97 Å². The van der Waals surface area contributed by atoms with E-state index in [1.165, 1.54) is 0 Å². The lowest BCUT2D eigenvalue weighted by Gasteiger charge is -2.14. The molecule has 0 aliphatic rings. The smallest absolute Gasteiger partial charge is 0.118 e. The maximum Gasteiger partial charge on any atom is 0.118 e. The predicted octanol–water partition coefficient (Wildman–Crippen LogP) is 10.5. The summed E-state index contributed by atoms with van der Waals surface area (Å²) in [6, 6.07) is 45.7. The molecule has 0 aliphatic carbocycles. The zero-order valence-electron chi connectivity index (χ0n) is 25.7. The Morgan fingerprint density at radius 3 is 1.20 bits per heavy atom. The molecule has 2 heterocycles. The van der Waals surface area contributed by atoms with Crippen molar-refractivity contribution in [2.45, 2.75) is 0 Å². The van der Waals surface area contributed by atoms with Gasteiger partial charge in [0.1, 0.15) is 11.5 Å². The van der Waals surface area contributed by atoms with Crippen LogP contribution in [0.2, 0.25) is 0 Å². The van der Waals surface area contributed by atoms with E-state index in [4.69, 9.17) is 19.4 Å². The Balaban J connectivity index is 1.44. The molecule has 0 aliphatic heterocycles. The summed E-state index contributed by atoms with van der Waals surface area (Å²) in [5.41, 5.74) is 10.1. The van der Waals surface area contributed by atoms with Crippen molar-refractivity contribution in [3.63, 3.8) is 0 Å². The molecular formula is C42H32N2O2. The molecule has 0 unspecified atom stereocenters. The molecule has 0 spiro atoms. The summed E-state index contributed by atoms with van der Waals surface area (Å²) in [5.74, 6) is 1.66. The Hall–Kier alpha value is -6.00. The number of benzene rings is 5. The molecule has 5 aromatic carbocycles. The van der Waals surface area contributed by atoms with E-state index in [-0.39, 0.29) is 0 Å². The van der Waals surface area contributed by atoms with Crippen LogP contribution in [-0.2, 0) is 0 Å². The van der Waals surface area contributed by atoms with Crippen molar-refractivity contribution in [2.24, 2.45) is 0 Å². The Kier molecular flexibility index (Phi) is 8.08. The van der Waals surface area contributed by atoms with Crippen LogP contribution < -0.4 is 9.47 Å². The Morgan fingerprint density at radius 1 is 0.435 bits per heavy atom. The molecule has 7 rings (SSSR count). The summed E-state index contributed by atoms with van der Waals surface area (Å²) in [7, 11) is 3.35. The zero-order chi connectivity index (χ0) is 31.3. The first-order valence-electron chi connectivity index (χ1n) is 15.2. The third kappa shape index (κ3) is 6.01. The van der Waals surface area contributed by atoms with Gasteiger partial charge >= 0.3 is 0 Å². The van der Waals surface area contributed by atoms with E-state index >= 15 is 0 Å². The van der Waals surface area contributed by atoms with Crippen molar-refractivity contribution in [2.75, 3.05) is 14.2 Å². The average molecular weight is 597 g/mol. The minimum Gasteiger partial charge on any atom is -0.497 e. The van der Waals surface area contributed by atoms with E-state index in [2.05, 4.69) is 97.1 Å². The van der Waals surface area contributed by atoms with E-state index in [1.807, 2.05) is 60.7 Å². The van der Waals surface area contributed by atoms with Gasteiger partial charge in [-0.15, -0.1) is 0 Å². The number of aromatic nitrogens is 2. The number of rotatable bonds is 8. The average Bonchev–Trinajstić information content (AvgIpc) is 3.13. The van der Waals surface area contributed by atoms with Crippen LogP contribution in [0.4, 0.5) is 0 Å². The molecule has 0 saturated heterocycles. The molecule has 0 amide bonds. The van der Waals surface area contributed by atoms with Gasteiger partial charge in [-0.2, -0.15) is 0 Å². The van der Waals surface area contributed by atoms with Gasteiger partial charge < -0.3 is 9.47 Å². The number of hydrogen-bond donors (Lipinski definition) is 0. The third-order valence-corrected chi connectivity index (χ3v) is 8.09. The normalized spacial score (nSPS) is 11.5. The fourth-order valence-electron chi connectivity index (χ4n) is 5.69. The highest BCUT2D eigenvalue weighted by Crippen LogP contribution is 2.37. The molecular weight excluding hydrogens is 564 g/mol. The molecule has 0 saturated carbocycles. The lowest BCUT2D eigenvalue weighted by molar-refractivity contribution is 0.414. The highest BCUT2D eigenvalue weighted by atomic mass is 16.5. The molecule has 222 valence electrons. The van der Waals surface area contributed by atoms with E-state index < -0.39 is 0 Å². The molecule has 0 radical (unpaired) electrons. The van der Waals surface area contributed by atoms with Gasteiger partial charge in [0.05, 0.1) is 36.6 Å². The Bertz CT molecular complexity index is 2030. The van der Waals surface area contributed by atoms with Crippen LogP contribution in [0.5, 0.6) is 11.5 Å². The van der Waals surface area contributed by atoms with E-state index in [0.717, 1.165) is 78.1 Å². The highest BCUT2D eigenvalue weighted by molar-refractivity contribution is 6.12. The SMILES string of the molecule is COc1ccc(/C=C/c2cc(-c3ccccc3)c3ccc4c(-c5ccccc5)cc(/C=C/c5ccc(OC)cc5)nc4c3n2)cc1. The van der Waals surface area contributed by atoms with Crippen molar-refractivity contribution >= 4 is 46.1 Å². The number of nitrogens with zero attached hydrogens (tertiary/aromatic N) is 2. The van der Waals surface area contributed by atoms with Crippen molar-refractivity contribution in [1.29, 1.82) is 0 Å². The zero-order valence-corrected chi connectivity index (χ0v) is 25.7. The number of ether oxygens (including phenoxy) is 2. The molecule has 46 heavy (non-hydrogen) atoms. The maximum absolute atomic E-state index is 5.34. The second-order valence-corrected chi connectivity index (χ2v) is 11.0. The first kappa shape index (κ1) is 28.8. The van der Waals surface area contributed by atoms with Gasteiger partial charge in [0, 0.05) is 10.8 Å². The van der Waals surface area contributed by atoms with Crippen molar-refractivity contribution < 1.29 is 9.47 Å². The fraction of sp³-hybridized carbons (Fsp3) is 0.0476. The molecule has 0 bridgehead atoms. The number of methoxy groups -OCH3 is 2. The summed E-state index contributed by atoms with van der Waals surface area (Å²) in [4.78, 5) is 10.5. The van der Waals surface area contributed by atoms with Gasteiger partial charge in [0.25, 0.3) is 0 Å². The number of fused-ring (bicyclic) bond motifs is 3. The Morgan fingerprint density at radius 2 is 0.826 bits per heavy atom. The number of pyridine rings is 2. The van der Waals surface area contributed by atoms with Gasteiger partial charge in [-0.1, -0.05) is 109 Å². The third-order valence-electron chi connectivity index (χ3n) is 8.09. The lowest BCUT2D eigenvalue weighted by Crippen LogP contribution is -1.95. The van der Waals surface area contributed by atoms with Gasteiger partial charge in [0.15, 0.2) is 0 Å². The molecule has 7 aromatic rings. The van der Waals surface area contributed by atoms with Crippen LogP contribution >= 0.6 is 0 Å². The standard InChI is InChI=1S/C42H32N2O2/c1-45-35-21-15-29(16-22-35)13-19-33-27-39(31-9-5-3-6-10-31)37-25-26-38-40(32-11-7-4-8-12-32)28-34(44-42(38)41(37)43-33)20-14-30-17-23-36(46-2)24-18-30/h3-28H,1-2H3/b19-13+,20-14+. The predicted molar refractivity (Wildman–Crippen MR) is 192 cm³/mol. The maximum atomic E-state index is 5.34. The van der Waals surface area contributed by atoms with E-state index in [1.54, 1.807) is 14.2 Å². The van der Waals surface area contributed by atoms with Gasteiger partial charge in [-0.05, 0) is 81.9 Å². The second kappa shape index (κ2) is 12.9. The van der Waals surface area contributed by atoms with Crippen LogP contribution in [0.25, 0.3) is 68.4 Å². The summed E-state index contributed by atoms with van der Waals surface area (Å²) < 4.78 is 10.7. The summed E-state index contributed by atoms with van der Waals surface area (Å²) in [5, 5.41) is 2.12. The van der Waals surface area contributed by atoms with E-state index in [9.17, 15) is 0 Å². The van der Waals surface area contributed by atoms with Crippen molar-refractivity contribution in [1.82, 2.24) is 9.97 Å². The minimum absolute atomic E-state index is 0.830. The topological polar surface area (TPSA) is 44.2 Å². The summed E-state index contributed by atoms with van der Waals surface area (Å²) in [6.07, 6.45) is 8.30. The number of hydrogen-bond acceptors (Lipinski definition) is 4. The van der Waals surface area contributed by atoms with Gasteiger partial charge in [-0.3, -0.25) is 0 Å². The molecule has 0 atom stereocenters. The quantitative estimate of drug-likeness (QED) is 0.164. The first-order chi connectivity index (χ1) is 22.7. The van der Waals surface area contributed by atoms with Crippen LogP contribution in [0.3, 0.4) is 0 Å². The Labute approximate surface area is 268 Å².